The molecule has 2 aliphatic rings. The summed E-state index contributed by atoms with van der Waals surface area (Å²) in [6, 6.07) is 0.302. The summed E-state index contributed by atoms with van der Waals surface area (Å²) in [6.45, 7) is 7.07. The average molecular weight is 293 g/mol. The van der Waals surface area contributed by atoms with Crippen LogP contribution in [0.25, 0.3) is 0 Å². The van der Waals surface area contributed by atoms with Gasteiger partial charge in [-0.25, -0.2) is 0 Å². The Balaban J connectivity index is 2.08. The maximum atomic E-state index is 12.8. The molecule has 3 atom stereocenters. The van der Waals surface area contributed by atoms with Crippen molar-refractivity contribution in [1.29, 1.82) is 0 Å². The number of carbonyl (C=O) groups excluding carboxylic acids is 2. The quantitative estimate of drug-likeness (QED) is 0.774. The van der Waals surface area contributed by atoms with Crippen LogP contribution in [0.1, 0.15) is 39.0 Å². The van der Waals surface area contributed by atoms with E-state index in [0.29, 0.717) is 18.5 Å². The van der Waals surface area contributed by atoms with Gasteiger partial charge in [0.15, 0.2) is 0 Å². The minimum Gasteiger partial charge on any atom is -0.344 e. The summed E-state index contributed by atoms with van der Waals surface area (Å²) in [6.07, 6.45) is 6.69. The van der Waals surface area contributed by atoms with E-state index in [2.05, 4.69) is 23.8 Å². The lowest BCUT2D eigenvalue weighted by atomic mass is 10.0. The second kappa shape index (κ2) is 7.07. The predicted octanol–water partition coefficient (Wildman–Crippen LogP) is 1.15. The fraction of sp³-hybridized carbons (Fsp3) is 0.750. The van der Waals surface area contributed by atoms with E-state index in [1.807, 2.05) is 4.90 Å². The van der Waals surface area contributed by atoms with E-state index >= 15 is 0 Å². The Hall–Kier alpha value is -1.36. The highest BCUT2D eigenvalue weighted by atomic mass is 16.2. The summed E-state index contributed by atoms with van der Waals surface area (Å²) in [5.74, 6) is -0.114. The summed E-state index contributed by atoms with van der Waals surface area (Å²) < 4.78 is 0. The van der Waals surface area contributed by atoms with E-state index in [4.69, 9.17) is 0 Å². The third kappa shape index (κ3) is 3.64. The van der Waals surface area contributed by atoms with E-state index in [1.54, 1.807) is 6.08 Å². The maximum absolute atomic E-state index is 12.8. The molecule has 0 aromatic rings. The second-order valence-corrected chi connectivity index (χ2v) is 6.21. The lowest BCUT2D eigenvalue weighted by Crippen LogP contribution is -2.53. The highest BCUT2D eigenvalue weighted by molar-refractivity contribution is 5.87. The van der Waals surface area contributed by atoms with Crippen molar-refractivity contribution in [3.8, 4) is 0 Å². The van der Waals surface area contributed by atoms with Gasteiger partial charge in [-0.05, 0) is 45.7 Å². The molecule has 0 radical (unpaired) electrons. The summed E-state index contributed by atoms with van der Waals surface area (Å²) >= 11 is 0. The van der Waals surface area contributed by atoms with Crippen LogP contribution in [0.5, 0.6) is 0 Å². The van der Waals surface area contributed by atoms with E-state index in [0.717, 1.165) is 32.4 Å². The molecule has 5 heteroatoms. The minimum atomic E-state index is -0.465. The zero-order chi connectivity index (χ0) is 15.4. The van der Waals surface area contributed by atoms with Crippen LogP contribution in [-0.2, 0) is 9.59 Å². The van der Waals surface area contributed by atoms with Crippen molar-refractivity contribution in [3.63, 3.8) is 0 Å². The Morgan fingerprint density at radius 1 is 1.29 bits per heavy atom. The summed E-state index contributed by atoms with van der Waals surface area (Å²) in [4.78, 5) is 28.5. The van der Waals surface area contributed by atoms with Gasteiger partial charge < -0.3 is 15.1 Å². The van der Waals surface area contributed by atoms with Gasteiger partial charge in [-0.1, -0.05) is 6.08 Å². The Morgan fingerprint density at radius 3 is 2.52 bits per heavy atom. The van der Waals surface area contributed by atoms with Gasteiger partial charge in [0.05, 0.1) is 0 Å². The number of likely N-dealkylation sites (tertiary alicyclic amines) is 2. The molecular formula is C16H27N3O2. The van der Waals surface area contributed by atoms with E-state index in [-0.39, 0.29) is 11.8 Å². The Bertz CT molecular complexity index is 410. The molecular weight excluding hydrogens is 266 g/mol. The van der Waals surface area contributed by atoms with Crippen LogP contribution in [0.3, 0.4) is 0 Å². The highest BCUT2D eigenvalue weighted by Crippen LogP contribution is 2.29. The van der Waals surface area contributed by atoms with Gasteiger partial charge in [-0.3, -0.25) is 9.59 Å². The molecule has 0 saturated carbocycles. The van der Waals surface area contributed by atoms with E-state index in [9.17, 15) is 9.59 Å². The van der Waals surface area contributed by atoms with Crippen molar-refractivity contribution in [3.05, 3.63) is 12.7 Å². The van der Waals surface area contributed by atoms with Crippen LogP contribution >= 0.6 is 0 Å². The Morgan fingerprint density at radius 2 is 1.95 bits per heavy atom. The number of hydrogen-bond donors (Lipinski definition) is 1. The van der Waals surface area contributed by atoms with Crippen LogP contribution in [0.2, 0.25) is 0 Å². The van der Waals surface area contributed by atoms with Crippen molar-refractivity contribution >= 4 is 11.8 Å². The normalized spacial score (nSPS) is 27.6. The van der Waals surface area contributed by atoms with Gasteiger partial charge in [-0.2, -0.15) is 0 Å². The molecule has 2 saturated heterocycles. The number of amides is 2. The smallest absolute Gasteiger partial charge is 0.245 e. The first-order chi connectivity index (χ1) is 10.0. The van der Waals surface area contributed by atoms with Crippen LogP contribution in [0.4, 0.5) is 0 Å². The maximum Gasteiger partial charge on any atom is 0.245 e. The Labute approximate surface area is 127 Å². The summed E-state index contributed by atoms with van der Waals surface area (Å²) in [7, 11) is 2.15. The van der Waals surface area contributed by atoms with E-state index in [1.165, 1.54) is 13.3 Å². The lowest BCUT2D eigenvalue weighted by Gasteiger charge is -2.35. The number of rotatable bonds is 5. The van der Waals surface area contributed by atoms with Crippen LogP contribution < -0.4 is 5.32 Å². The first kappa shape index (κ1) is 16.0. The van der Waals surface area contributed by atoms with Gasteiger partial charge in [0.25, 0.3) is 0 Å². The molecule has 0 aromatic carbocycles. The number of likely N-dealkylation sites (N-methyl/N-ethyl adjacent to an activating group) is 1. The molecule has 2 heterocycles. The molecule has 0 aromatic heterocycles. The van der Waals surface area contributed by atoms with E-state index < -0.39 is 6.04 Å². The summed E-state index contributed by atoms with van der Waals surface area (Å²) in [5, 5.41) is 2.76. The lowest BCUT2D eigenvalue weighted by molar-refractivity contribution is -0.137. The Kier molecular flexibility index (Phi) is 5.39. The first-order valence-electron chi connectivity index (χ1n) is 7.93. The molecule has 21 heavy (non-hydrogen) atoms. The molecule has 0 bridgehead atoms. The molecule has 3 unspecified atom stereocenters. The zero-order valence-corrected chi connectivity index (χ0v) is 13.2. The van der Waals surface area contributed by atoms with Crippen molar-refractivity contribution in [1.82, 2.24) is 15.1 Å². The SMILES string of the molecule is C=CCC(NC(C)=O)C(=O)N1CCCC1C1CCCN1C. The van der Waals surface area contributed by atoms with Crippen LogP contribution in [-0.4, -0.2) is 59.9 Å². The van der Waals surface area contributed by atoms with Gasteiger partial charge >= 0.3 is 0 Å². The first-order valence-corrected chi connectivity index (χ1v) is 7.93. The van der Waals surface area contributed by atoms with Crippen molar-refractivity contribution in [2.24, 2.45) is 0 Å². The number of nitrogens with zero attached hydrogens (tertiary/aromatic N) is 2. The molecule has 2 fully saturated rings. The molecule has 118 valence electrons. The molecule has 5 nitrogen and oxygen atoms in total. The highest BCUT2D eigenvalue weighted by Gasteiger charge is 2.40. The number of nitrogens with one attached hydrogen (secondary N) is 1. The fourth-order valence-electron chi connectivity index (χ4n) is 3.72. The third-order valence-corrected chi connectivity index (χ3v) is 4.68. The third-order valence-electron chi connectivity index (χ3n) is 4.68. The second-order valence-electron chi connectivity index (χ2n) is 6.21. The molecule has 0 aliphatic carbocycles. The molecule has 2 rings (SSSR count). The van der Waals surface area contributed by atoms with Crippen molar-refractivity contribution in [2.75, 3.05) is 20.1 Å². The largest absolute Gasteiger partial charge is 0.344 e. The average Bonchev–Trinajstić information content (AvgIpc) is 3.04. The van der Waals surface area contributed by atoms with Crippen LogP contribution in [0, 0.1) is 0 Å². The minimum absolute atomic E-state index is 0.0490. The molecule has 1 N–H and O–H groups in total. The topological polar surface area (TPSA) is 52.7 Å². The predicted molar refractivity (Wildman–Crippen MR) is 82.8 cm³/mol. The monoisotopic (exact) mass is 293 g/mol. The van der Waals surface area contributed by atoms with Crippen LogP contribution in [0.15, 0.2) is 12.7 Å². The van der Waals surface area contributed by atoms with Gasteiger partial charge in [0, 0.05) is 25.6 Å². The molecule has 2 aliphatic heterocycles. The molecule has 2 amide bonds. The number of carbonyl (C=O) groups is 2. The van der Waals surface area contributed by atoms with Gasteiger partial charge in [0.1, 0.15) is 6.04 Å². The van der Waals surface area contributed by atoms with Crippen molar-refractivity contribution in [2.45, 2.75) is 57.2 Å². The number of hydrogen-bond acceptors (Lipinski definition) is 3. The van der Waals surface area contributed by atoms with Gasteiger partial charge in [0.2, 0.25) is 11.8 Å². The summed E-state index contributed by atoms with van der Waals surface area (Å²) in [5.41, 5.74) is 0. The van der Waals surface area contributed by atoms with Gasteiger partial charge in [-0.15, -0.1) is 6.58 Å². The molecule has 0 spiro atoms. The zero-order valence-electron chi connectivity index (χ0n) is 13.2. The van der Waals surface area contributed by atoms with Crippen molar-refractivity contribution < 1.29 is 9.59 Å². The fourth-order valence-corrected chi connectivity index (χ4v) is 3.72. The standard InChI is InChI=1S/C16H27N3O2/c1-4-7-13(17-12(2)20)16(21)19-11-6-9-15(19)14-8-5-10-18(14)3/h4,13-15H,1,5-11H2,2-3H3,(H,17,20).